The number of nitrogens with two attached hydrogens (primary N) is 1. The van der Waals surface area contributed by atoms with Crippen molar-refractivity contribution < 1.29 is 4.79 Å². The highest BCUT2D eigenvalue weighted by atomic mass is 35.5. The van der Waals surface area contributed by atoms with Crippen LogP contribution in [0.5, 0.6) is 0 Å². The maximum atomic E-state index is 12.0. The van der Waals surface area contributed by atoms with Gasteiger partial charge in [-0.3, -0.25) is 4.79 Å². The molecule has 1 unspecified atom stereocenters. The Morgan fingerprint density at radius 1 is 1.50 bits per heavy atom. The van der Waals surface area contributed by atoms with Gasteiger partial charge in [-0.2, -0.15) is 0 Å². The van der Waals surface area contributed by atoms with Gasteiger partial charge < -0.3 is 10.6 Å². The molecule has 0 heterocycles. The molecule has 90 valence electrons. The molecule has 0 aliphatic rings. The Morgan fingerprint density at radius 3 is 2.56 bits per heavy atom. The summed E-state index contributed by atoms with van der Waals surface area (Å²) in [5.41, 5.74) is 6.02. The molecule has 5 heteroatoms. The van der Waals surface area contributed by atoms with E-state index >= 15 is 0 Å². The lowest BCUT2D eigenvalue weighted by Crippen LogP contribution is -2.39. The molecule has 0 aliphatic carbocycles. The van der Waals surface area contributed by atoms with E-state index in [2.05, 4.69) is 0 Å². The van der Waals surface area contributed by atoms with Gasteiger partial charge in [0.15, 0.2) is 0 Å². The maximum Gasteiger partial charge on any atom is 0.255 e. The van der Waals surface area contributed by atoms with Crippen LogP contribution >= 0.6 is 24.0 Å². The average Bonchev–Trinajstić information content (AvgIpc) is 2.26. The van der Waals surface area contributed by atoms with Crippen LogP contribution in [0.2, 0.25) is 5.02 Å². The number of carbonyl (C=O) groups excluding carboxylic acids is 1. The lowest BCUT2D eigenvalue weighted by molar-refractivity contribution is 0.0748. The monoisotopic (exact) mass is 262 g/mol. The van der Waals surface area contributed by atoms with Crippen molar-refractivity contribution in [3.8, 4) is 0 Å². The zero-order valence-corrected chi connectivity index (χ0v) is 10.9. The number of hydrogen-bond donors (Lipinski definition) is 1. The summed E-state index contributed by atoms with van der Waals surface area (Å²) in [5.74, 6) is -0.0986. The maximum absolute atomic E-state index is 12.0. The standard InChI is InChI=1S/C11H15ClN2O.ClH/c1-8(7-13)14(2)11(15)9-5-3-4-6-10(9)12;/h3-6,8H,7,13H2,1-2H3;1H. The zero-order chi connectivity index (χ0) is 11.4. The molecule has 0 aromatic heterocycles. The van der Waals surface area contributed by atoms with Crippen LogP contribution in [0.3, 0.4) is 0 Å². The molecule has 0 fully saturated rings. The van der Waals surface area contributed by atoms with Gasteiger partial charge in [-0.15, -0.1) is 12.4 Å². The van der Waals surface area contributed by atoms with E-state index in [0.29, 0.717) is 17.1 Å². The van der Waals surface area contributed by atoms with Crippen molar-refractivity contribution in [2.24, 2.45) is 5.73 Å². The van der Waals surface area contributed by atoms with Crippen molar-refractivity contribution in [1.29, 1.82) is 0 Å². The quantitative estimate of drug-likeness (QED) is 0.908. The fourth-order valence-electron chi connectivity index (χ4n) is 1.18. The number of benzene rings is 1. The van der Waals surface area contributed by atoms with Crippen LogP contribution in [0.15, 0.2) is 24.3 Å². The first-order chi connectivity index (χ1) is 7.07. The second-order valence-corrected chi connectivity index (χ2v) is 3.89. The van der Waals surface area contributed by atoms with Crippen LogP contribution in [0.1, 0.15) is 17.3 Å². The van der Waals surface area contributed by atoms with Crippen molar-refractivity contribution in [2.75, 3.05) is 13.6 Å². The van der Waals surface area contributed by atoms with E-state index in [1.165, 1.54) is 0 Å². The van der Waals surface area contributed by atoms with Crippen LogP contribution in [-0.4, -0.2) is 30.4 Å². The van der Waals surface area contributed by atoms with Gasteiger partial charge in [0, 0.05) is 19.6 Å². The summed E-state index contributed by atoms with van der Waals surface area (Å²) in [5, 5.41) is 0.471. The Bertz CT molecular complexity index is 358. The topological polar surface area (TPSA) is 46.3 Å². The summed E-state index contributed by atoms with van der Waals surface area (Å²) < 4.78 is 0. The summed E-state index contributed by atoms with van der Waals surface area (Å²) in [6, 6.07) is 7.01. The van der Waals surface area contributed by atoms with Gasteiger partial charge >= 0.3 is 0 Å². The zero-order valence-electron chi connectivity index (χ0n) is 9.31. The van der Waals surface area contributed by atoms with Gasteiger partial charge in [0.05, 0.1) is 10.6 Å². The normalized spacial score (nSPS) is 11.5. The van der Waals surface area contributed by atoms with Gasteiger partial charge in [-0.25, -0.2) is 0 Å². The minimum Gasteiger partial charge on any atom is -0.338 e. The minimum absolute atomic E-state index is 0. The Balaban J connectivity index is 0.00000225. The number of hydrogen-bond acceptors (Lipinski definition) is 2. The third kappa shape index (κ3) is 3.37. The Morgan fingerprint density at radius 2 is 2.06 bits per heavy atom. The summed E-state index contributed by atoms with van der Waals surface area (Å²) in [7, 11) is 1.73. The first-order valence-corrected chi connectivity index (χ1v) is 5.17. The molecule has 1 rings (SSSR count). The van der Waals surface area contributed by atoms with Crippen molar-refractivity contribution >= 4 is 29.9 Å². The Kier molecular flexibility index (Phi) is 6.41. The molecule has 1 aromatic rings. The molecule has 0 aliphatic heterocycles. The van der Waals surface area contributed by atoms with E-state index < -0.39 is 0 Å². The molecule has 1 atom stereocenters. The molecule has 16 heavy (non-hydrogen) atoms. The van der Waals surface area contributed by atoms with E-state index in [9.17, 15) is 4.79 Å². The van der Waals surface area contributed by atoms with Crippen molar-refractivity contribution in [1.82, 2.24) is 4.90 Å². The first kappa shape index (κ1) is 15.2. The van der Waals surface area contributed by atoms with E-state index in [4.69, 9.17) is 17.3 Å². The van der Waals surface area contributed by atoms with Crippen LogP contribution < -0.4 is 5.73 Å². The highest BCUT2D eigenvalue weighted by Crippen LogP contribution is 2.17. The van der Waals surface area contributed by atoms with Gasteiger partial charge in [-0.1, -0.05) is 23.7 Å². The fourth-order valence-corrected chi connectivity index (χ4v) is 1.40. The number of carbonyl (C=O) groups is 1. The van der Waals surface area contributed by atoms with Crippen molar-refractivity contribution in [3.05, 3.63) is 34.9 Å². The van der Waals surface area contributed by atoms with Crippen molar-refractivity contribution in [2.45, 2.75) is 13.0 Å². The largest absolute Gasteiger partial charge is 0.338 e. The van der Waals surface area contributed by atoms with Crippen LogP contribution in [0, 0.1) is 0 Å². The smallest absolute Gasteiger partial charge is 0.255 e. The fraction of sp³-hybridized carbons (Fsp3) is 0.364. The van der Waals surface area contributed by atoms with E-state index in [1.807, 2.05) is 6.92 Å². The molecule has 0 bridgehead atoms. The summed E-state index contributed by atoms with van der Waals surface area (Å²) in [4.78, 5) is 13.6. The summed E-state index contributed by atoms with van der Waals surface area (Å²) in [6.07, 6.45) is 0. The molecular formula is C11H16Cl2N2O. The van der Waals surface area contributed by atoms with Crippen LogP contribution in [0.25, 0.3) is 0 Å². The highest BCUT2D eigenvalue weighted by Gasteiger charge is 2.18. The first-order valence-electron chi connectivity index (χ1n) is 4.79. The Labute approximate surface area is 107 Å². The SMILES string of the molecule is CC(CN)N(C)C(=O)c1ccccc1Cl.Cl. The van der Waals surface area contributed by atoms with E-state index in [0.717, 1.165) is 0 Å². The van der Waals surface area contributed by atoms with Crippen molar-refractivity contribution in [3.63, 3.8) is 0 Å². The number of nitrogens with zero attached hydrogens (tertiary/aromatic N) is 1. The highest BCUT2D eigenvalue weighted by molar-refractivity contribution is 6.33. The Hall–Kier alpha value is -0.770. The molecule has 0 radical (unpaired) electrons. The summed E-state index contributed by atoms with van der Waals surface area (Å²) in [6.45, 7) is 2.33. The predicted molar refractivity (Wildman–Crippen MR) is 69.3 cm³/mol. The van der Waals surface area contributed by atoms with E-state index in [-0.39, 0.29) is 24.4 Å². The van der Waals surface area contributed by atoms with E-state index in [1.54, 1.807) is 36.2 Å². The molecule has 2 N–H and O–H groups in total. The molecule has 1 aromatic carbocycles. The van der Waals surface area contributed by atoms with Gasteiger partial charge in [0.2, 0.25) is 0 Å². The molecule has 0 spiro atoms. The third-order valence-electron chi connectivity index (χ3n) is 2.43. The second-order valence-electron chi connectivity index (χ2n) is 3.48. The predicted octanol–water partition coefficient (Wildman–Crippen LogP) is 2.18. The number of halogens is 2. The van der Waals surface area contributed by atoms with Gasteiger partial charge in [-0.05, 0) is 19.1 Å². The third-order valence-corrected chi connectivity index (χ3v) is 2.76. The second kappa shape index (κ2) is 6.74. The summed E-state index contributed by atoms with van der Waals surface area (Å²) >= 11 is 5.93. The molecule has 1 amide bonds. The van der Waals surface area contributed by atoms with Crippen LogP contribution in [-0.2, 0) is 0 Å². The molecule has 3 nitrogen and oxygen atoms in total. The lowest BCUT2D eigenvalue weighted by Gasteiger charge is -2.24. The van der Waals surface area contributed by atoms with Gasteiger partial charge in [0.25, 0.3) is 5.91 Å². The van der Waals surface area contributed by atoms with Crippen LogP contribution in [0.4, 0.5) is 0 Å². The number of rotatable bonds is 3. The minimum atomic E-state index is -0.0986. The molecule has 0 saturated carbocycles. The number of likely N-dealkylation sites (N-methyl/N-ethyl adjacent to an activating group) is 1. The average molecular weight is 263 g/mol. The molecule has 0 saturated heterocycles. The number of amides is 1. The molecular weight excluding hydrogens is 247 g/mol. The van der Waals surface area contributed by atoms with Gasteiger partial charge in [0.1, 0.15) is 0 Å². The lowest BCUT2D eigenvalue weighted by atomic mass is 10.2.